The van der Waals surface area contributed by atoms with Gasteiger partial charge in [-0.15, -0.1) is 0 Å². The first kappa shape index (κ1) is 16.5. The van der Waals surface area contributed by atoms with E-state index in [-0.39, 0.29) is 21.7 Å². The van der Waals surface area contributed by atoms with E-state index in [1.165, 1.54) is 12.4 Å². The molecule has 3 heterocycles. The van der Waals surface area contributed by atoms with Crippen LogP contribution in [0.4, 0.5) is 19.0 Å². The first-order chi connectivity index (χ1) is 10.7. The quantitative estimate of drug-likeness (QED) is 0.824. The maximum absolute atomic E-state index is 13.2. The van der Waals surface area contributed by atoms with Crippen molar-refractivity contribution >= 4 is 27.4 Å². The molecule has 0 aromatic carbocycles. The molecule has 5 nitrogen and oxygen atoms in total. The Morgan fingerprint density at radius 1 is 1.43 bits per heavy atom. The minimum atomic E-state index is -4.52. The number of aromatic nitrogens is 3. The average Bonchev–Trinajstić information content (AvgIpc) is 2.84. The normalized spacial score (nSPS) is 21.6. The highest BCUT2D eigenvalue weighted by Crippen LogP contribution is 2.36. The van der Waals surface area contributed by atoms with Crippen LogP contribution in [-0.2, 0) is 6.18 Å². The van der Waals surface area contributed by atoms with Crippen LogP contribution in [0, 0.1) is 5.41 Å². The van der Waals surface area contributed by atoms with Crippen molar-refractivity contribution in [1.29, 1.82) is 0 Å². The summed E-state index contributed by atoms with van der Waals surface area (Å²) in [6, 6.07) is 0.0791. The van der Waals surface area contributed by atoms with Gasteiger partial charge < -0.3 is 10.6 Å². The highest BCUT2D eigenvalue weighted by molar-refractivity contribution is 9.10. The minimum absolute atomic E-state index is 0.0791. The third-order valence-electron chi connectivity index (χ3n) is 3.90. The van der Waals surface area contributed by atoms with Crippen LogP contribution in [0.2, 0.25) is 0 Å². The van der Waals surface area contributed by atoms with Gasteiger partial charge in [0, 0.05) is 31.5 Å². The first-order valence-corrected chi connectivity index (χ1v) is 8.04. The number of fused-ring (bicyclic) bond motifs is 1. The number of piperidine rings is 1. The molecule has 9 heteroatoms. The number of anilines is 1. The molecule has 0 aliphatic carbocycles. The molecule has 0 radical (unpaired) electrons. The fraction of sp³-hybridized carbons (Fsp3) is 0.571. The molecule has 1 saturated heterocycles. The van der Waals surface area contributed by atoms with Gasteiger partial charge in [-0.05, 0) is 27.8 Å². The lowest BCUT2D eigenvalue weighted by molar-refractivity contribution is -0.142. The molecule has 2 N–H and O–H groups in total. The number of hydrogen-bond acceptors (Lipinski definition) is 4. The first-order valence-electron chi connectivity index (χ1n) is 7.24. The summed E-state index contributed by atoms with van der Waals surface area (Å²) in [5.41, 5.74) is -0.577. The molecule has 0 amide bonds. The number of rotatable bonds is 2. The van der Waals surface area contributed by atoms with Gasteiger partial charge in [-0.3, -0.25) is 4.40 Å². The molecule has 1 aliphatic rings. The maximum Gasteiger partial charge on any atom is 0.434 e. The average molecular weight is 392 g/mol. The van der Waals surface area contributed by atoms with E-state index in [0.717, 1.165) is 23.9 Å². The molecule has 126 valence electrons. The predicted molar refractivity (Wildman–Crippen MR) is 84.4 cm³/mol. The number of nitrogens with one attached hydrogen (secondary N) is 2. The van der Waals surface area contributed by atoms with Crippen LogP contribution in [0.3, 0.4) is 0 Å². The highest BCUT2D eigenvalue weighted by Gasteiger charge is 2.38. The number of alkyl halides is 3. The lowest BCUT2D eigenvalue weighted by atomic mass is 9.83. The van der Waals surface area contributed by atoms with Crippen LogP contribution in [0.15, 0.2) is 17.0 Å². The SMILES string of the molecule is CC1(C)CNC[C@@H](Nc2nc(Br)c(C(F)(F)F)n3ccnc23)C1. The summed E-state index contributed by atoms with van der Waals surface area (Å²) in [6.07, 6.45) is -0.989. The molecule has 23 heavy (non-hydrogen) atoms. The van der Waals surface area contributed by atoms with E-state index in [1.807, 2.05) is 0 Å². The monoisotopic (exact) mass is 391 g/mol. The van der Waals surface area contributed by atoms with E-state index < -0.39 is 11.9 Å². The molecule has 2 aromatic rings. The number of imidazole rings is 1. The topological polar surface area (TPSA) is 54.2 Å². The van der Waals surface area contributed by atoms with Crippen LogP contribution in [0.25, 0.3) is 5.65 Å². The standard InChI is InChI=1S/C14H17BrF3N5/c1-13(2)5-8(6-19-7-13)21-11-12-20-3-4-23(12)9(10(15)22-11)14(16,17)18/h3-4,8,19H,5-7H2,1-2H3,(H,21,22)/t8-/m0/s1. The van der Waals surface area contributed by atoms with Gasteiger partial charge in [-0.25, -0.2) is 9.97 Å². The molecule has 1 atom stereocenters. The molecule has 0 bridgehead atoms. The fourth-order valence-corrected chi connectivity index (χ4v) is 3.59. The summed E-state index contributed by atoms with van der Waals surface area (Å²) in [6.45, 7) is 5.94. The minimum Gasteiger partial charge on any atom is -0.363 e. The second-order valence-electron chi connectivity index (χ2n) is 6.56. The maximum atomic E-state index is 13.2. The number of halogens is 4. The van der Waals surface area contributed by atoms with E-state index >= 15 is 0 Å². The van der Waals surface area contributed by atoms with Crippen molar-refractivity contribution in [3.05, 3.63) is 22.7 Å². The summed E-state index contributed by atoms with van der Waals surface area (Å²) >= 11 is 2.94. The van der Waals surface area contributed by atoms with Gasteiger partial charge in [0.05, 0.1) is 0 Å². The van der Waals surface area contributed by atoms with Crippen molar-refractivity contribution < 1.29 is 13.2 Å². The molecule has 0 saturated carbocycles. The van der Waals surface area contributed by atoms with Crippen molar-refractivity contribution in [2.45, 2.75) is 32.5 Å². The lowest BCUT2D eigenvalue weighted by Crippen LogP contribution is -2.47. The molecule has 1 fully saturated rings. The Morgan fingerprint density at radius 3 is 2.83 bits per heavy atom. The Hall–Kier alpha value is -1.35. The summed E-state index contributed by atoms with van der Waals surface area (Å²) in [5.74, 6) is 0.347. The second kappa shape index (κ2) is 5.62. The Bertz CT molecular complexity index is 725. The van der Waals surface area contributed by atoms with Gasteiger partial charge in [0.2, 0.25) is 0 Å². The van der Waals surface area contributed by atoms with Crippen molar-refractivity contribution in [3.63, 3.8) is 0 Å². The van der Waals surface area contributed by atoms with Gasteiger partial charge in [-0.2, -0.15) is 13.2 Å². The predicted octanol–water partition coefficient (Wildman–Crippen LogP) is 3.31. The van der Waals surface area contributed by atoms with Crippen LogP contribution >= 0.6 is 15.9 Å². The van der Waals surface area contributed by atoms with E-state index in [0.29, 0.717) is 5.82 Å². The van der Waals surface area contributed by atoms with Crippen LogP contribution in [0.1, 0.15) is 26.0 Å². The van der Waals surface area contributed by atoms with Crippen LogP contribution in [0.5, 0.6) is 0 Å². The third kappa shape index (κ3) is 3.30. The Morgan fingerprint density at radius 2 is 2.17 bits per heavy atom. The van der Waals surface area contributed by atoms with E-state index in [2.05, 4.69) is 50.4 Å². The number of hydrogen-bond donors (Lipinski definition) is 2. The molecule has 0 spiro atoms. The fourth-order valence-electron chi connectivity index (χ4n) is 3.00. The molecule has 1 aliphatic heterocycles. The van der Waals surface area contributed by atoms with Crippen LogP contribution < -0.4 is 10.6 Å². The molecular weight excluding hydrogens is 375 g/mol. The van der Waals surface area contributed by atoms with Crippen LogP contribution in [-0.4, -0.2) is 33.5 Å². The van der Waals surface area contributed by atoms with Gasteiger partial charge in [0.15, 0.2) is 17.2 Å². The number of nitrogens with zero attached hydrogens (tertiary/aromatic N) is 3. The summed E-state index contributed by atoms with van der Waals surface area (Å²) in [5, 5.41) is 6.56. The zero-order chi connectivity index (χ0) is 16.8. The Balaban J connectivity index is 1.98. The van der Waals surface area contributed by atoms with Crippen molar-refractivity contribution in [2.24, 2.45) is 5.41 Å². The summed E-state index contributed by atoms with van der Waals surface area (Å²) < 4.78 is 40.4. The molecule has 3 rings (SSSR count). The zero-order valence-electron chi connectivity index (χ0n) is 12.7. The smallest absolute Gasteiger partial charge is 0.363 e. The second-order valence-corrected chi connectivity index (χ2v) is 7.31. The Kier molecular flexibility index (Phi) is 4.04. The van der Waals surface area contributed by atoms with Gasteiger partial charge in [-0.1, -0.05) is 13.8 Å². The highest BCUT2D eigenvalue weighted by atomic mass is 79.9. The summed E-state index contributed by atoms with van der Waals surface area (Å²) in [4.78, 5) is 8.09. The third-order valence-corrected chi connectivity index (χ3v) is 4.45. The van der Waals surface area contributed by atoms with Gasteiger partial charge in [0.25, 0.3) is 0 Å². The van der Waals surface area contributed by atoms with Gasteiger partial charge >= 0.3 is 6.18 Å². The van der Waals surface area contributed by atoms with Crippen molar-refractivity contribution in [3.8, 4) is 0 Å². The summed E-state index contributed by atoms with van der Waals surface area (Å²) in [7, 11) is 0. The van der Waals surface area contributed by atoms with Crippen molar-refractivity contribution in [1.82, 2.24) is 19.7 Å². The largest absolute Gasteiger partial charge is 0.434 e. The van der Waals surface area contributed by atoms with Gasteiger partial charge in [0.1, 0.15) is 4.60 Å². The molecular formula is C14H17BrF3N5. The molecule has 0 unspecified atom stereocenters. The van der Waals surface area contributed by atoms with E-state index in [4.69, 9.17) is 0 Å². The zero-order valence-corrected chi connectivity index (χ0v) is 14.3. The Labute approximate surface area is 139 Å². The molecule has 2 aromatic heterocycles. The lowest BCUT2D eigenvalue weighted by Gasteiger charge is -2.36. The van der Waals surface area contributed by atoms with Crippen molar-refractivity contribution in [2.75, 3.05) is 18.4 Å². The van der Waals surface area contributed by atoms with E-state index in [9.17, 15) is 13.2 Å². The van der Waals surface area contributed by atoms with E-state index in [1.54, 1.807) is 0 Å².